The Balaban J connectivity index is 2.41. The van der Waals surface area contributed by atoms with E-state index >= 15 is 0 Å². The number of hydrogen-bond donors (Lipinski definition) is 0. The minimum Gasteiger partial charge on any atom is -0.489 e. The van der Waals surface area contributed by atoms with Crippen LogP contribution in [0.2, 0.25) is 0 Å². The number of rotatable bonds is 10. The zero-order valence-electron chi connectivity index (χ0n) is 18.5. The molecule has 2 nitrogen and oxygen atoms in total. The second-order valence-corrected chi connectivity index (χ2v) is 8.29. The zero-order chi connectivity index (χ0) is 20.5. The summed E-state index contributed by atoms with van der Waals surface area (Å²) >= 11 is 0. The lowest BCUT2D eigenvalue weighted by Gasteiger charge is -2.23. The van der Waals surface area contributed by atoms with E-state index in [9.17, 15) is 0 Å². The summed E-state index contributed by atoms with van der Waals surface area (Å²) in [4.78, 5) is 4.85. The van der Waals surface area contributed by atoms with Crippen molar-refractivity contribution in [3.05, 3.63) is 53.6 Å². The van der Waals surface area contributed by atoms with E-state index in [0.717, 1.165) is 23.3 Å². The van der Waals surface area contributed by atoms with Gasteiger partial charge in [-0.3, -0.25) is 4.99 Å². The summed E-state index contributed by atoms with van der Waals surface area (Å²) in [6, 6.07) is 15.3. The molecule has 0 saturated heterocycles. The molecule has 28 heavy (non-hydrogen) atoms. The Labute approximate surface area is 172 Å². The van der Waals surface area contributed by atoms with Gasteiger partial charge in [0.05, 0.1) is 6.10 Å². The van der Waals surface area contributed by atoms with Gasteiger partial charge in [-0.25, -0.2) is 0 Å². The van der Waals surface area contributed by atoms with Gasteiger partial charge in [0, 0.05) is 23.4 Å². The van der Waals surface area contributed by atoms with E-state index in [1.165, 1.54) is 30.4 Å². The largest absolute Gasteiger partial charge is 0.489 e. The highest BCUT2D eigenvalue weighted by molar-refractivity contribution is 5.89. The highest BCUT2D eigenvalue weighted by Gasteiger charge is 2.17. The summed E-state index contributed by atoms with van der Waals surface area (Å²) in [5, 5.41) is 0. The molecule has 152 valence electrons. The van der Waals surface area contributed by atoms with Crippen LogP contribution < -0.4 is 4.74 Å². The second kappa shape index (κ2) is 11.0. The van der Waals surface area contributed by atoms with Crippen molar-refractivity contribution in [2.45, 2.75) is 79.4 Å². The van der Waals surface area contributed by atoms with Crippen molar-refractivity contribution in [2.75, 3.05) is 0 Å². The number of unbranched alkanes of at least 4 members (excludes halogenated alkanes) is 2. The maximum Gasteiger partial charge on any atom is 0.136 e. The fourth-order valence-corrected chi connectivity index (χ4v) is 3.15. The number of aryl methyl sites for hydroxylation is 1. The van der Waals surface area contributed by atoms with Crippen molar-refractivity contribution in [1.82, 2.24) is 0 Å². The van der Waals surface area contributed by atoms with E-state index < -0.39 is 0 Å². The van der Waals surface area contributed by atoms with E-state index in [-0.39, 0.29) is 6.10 Å². The Hall–Kier alpha value is -2.09. The molecule has 1 unspecified atom stereocenters. The Morgan fingerprint density at radius 1 is 1.00 bits per heavy atom. The minimum atomic E-state index is 0.138. The Bertz CT molecular complexity index is 749. The predicted molar refractivity (Wildman–Crippen MR) is 123 cm³/mol. The Morgan fingerprint density at radius 2 is 1.71 bits per heavy atom. The molecule has 0 aliphatic rings. The van der Waals surface area contributed by atoms with Gasteiger partial charge in [-0.05, 0) is 56.4 Å². The number of aliphatic imine (C=N–C) groups is 1. The van der Waals surface area contributed by atoms with Gasteiger partial charge < -0.3 is 4.74 Å². The van der Waals surface area contributed by atoms with Crippen molar-refractivity contribution in [3.8, 4) is 16.9 Å². The molecule has 0 fully saturated rings. The average molecular weight is 380 g/mol. The van der Waals surface area contributed by atoms with Crippen LogP contribution in [-0.2, 0) is 0 Å². The van der Waals surface area contributed by atoms with Gasteiger partial charge in [0.2, 0.25) is 0 Å². The summed E-state index contributed by atoms with van der Waals surface area (Å²) < 4.78 is 6.49. The molecule has 0 radical (unpaired) electrons. The Morgan fingerprint density at radius 3 is 2.36 bits per heavy atom. The maximum atomic E-state index is 6.49. The van der Waals surface area contributed by atoms with E-state index in [4.69, 9.17) is 9.73 Å². The molecule has 2 aromatic rings. The second-order valence-electron chi connectivity index (χ2n) is 8.29. The third-order valence-corrected chi connectivity index (χ3v) is 5.28. The van der Waals surface area contributed by atoms with Crippen LogP contribution in [0.25, 0.3) is 11.1 Å². The van der Waals surface area contributed by atoms with Crippen LogP contribution in [0, 0.1) is 12.8 Å². The van der Waals surface area contributed by atoms with Crippen LogP contribution in [0.15, 0.2) is 47.5 Å². The lowest BCUT2D eigenvalue weighted by molar-refractivity contribution is 0.171. The topological polar surface area (TPSA) is 21.6 Å². The summed E-state index contributed by atoms with van der Waals surface area (Å²) in [6.07, 6.45) is 7.08. The molecule has 0 saturated carbocycles. The molecule has 0 amide bonds. The van der Waals surface area contributed by atoms with E-state index in [1.807, 2.05) is 6.21 Å². The molecule has 2 heteroatoms. The van der Waals surface area contributed by atoms with Crippen molar-refractivity contribution < 1.29 is 4.74 Å². The molecule has 0 aliphatic heterocycles. The quantitative estimate of drug-likeness (QED) is 0.310. The average Bonchev–Trinajstić information content (AvgIpc) is 2.68. The van der Waals surface area contributed by atoms with Crippen molar-refractivity contribution in [1.29, 1.82) is 0 Å². The van der Waals surface area contributed by atoms with Crippen molar-refractivity contribution >= 4 is 6.21 Å². The smallest absolute Gasteiger partial charge is 0.136 e. The summed E-state index contributed by atoms with van der Waals surface area (Å²) in [5.74, 6) is 1.39. The summed E-state index contributed by atoms with van der Waals surface area (Å²) in [5.41, 5.74) is 4.63. The van der Waals surface area contributed by atoms with Gasteiger partial charge >= 0.3 is 0 Å². The lowest BCUT2D eigenvalue weighted by atomic mass is 9.98. The van der Waals surface area contributed by atoms with E-state index in [1.54, 1.807) is 0 Å². The first kappa shape index (κ1) is 22.2. The third kappa shape index (κ3) is 6.51. The SMILES string of the molecule is CCCCCC(C)/N=C/c1cc(C)cc(-c2ccccc2)c1O[C@H](C)C(C)C. The number of benzene rings is 2. The monoisotopic (exact) mass is 379 g/mol. The lowest BCUT2D eigenvalue weighted by Crippen LogP contribution is -2.20. The molecule has 2 atom stereocenters. The van der Waals surface area contributed by atoms with Crippen molar-refractivity contribution in [3.63, 3.8) is 0 Å². The van der Waals surface area contributed by atoms with E-state index in [0.29, 0.717) is 12.0 Å². The molecular weight excluding hydrogens is 342 g/mol. The third-order valence-electron chi connectivity index (χ3n) is 5.28. The normalized spacial score (nSPS) is 13.8. The first-order valence-electron chi connectivity index (χ1n) is 10.8. The highest BCUT2D eigenvalue weighted by Crippen LogP contribution is 2.35. The summed E-state index contributed by atoms with van der Waals surface area (Å²) in [6.45, 7) is 13.1. The van der Waals surface area contributed by atoms with Crippen LogP contribution in [0.5, 0.6) is 5.75 Å². The number of nitrogens with zero attached hydrogens (tertiary/aromatic N) is 1. The molecule has 0 heterocycles. The first-order valence-corrected chi connectivity index (χ1v) is 10.8. The van der Waals surface area contributed by atoms with Crippen LogP contribution in [0.1, 0.15) is 71.4 Å². The molecule has 0 bridgehead atoms. The van der Waals surface area contributed by atoms with Crippen LogP contribution in [0.3, 0.4) is 0 Å². The molecule has 0 N–H and O–H groups in total. The number of ether oxygens (including phenoxy) is 1. The van der Waals surface area contributed by atoms with Gasteiger partial charge in [0.1, 0.15) is 5.75 Å². The predicted octanol–water partition coefficient (Wildman–Crippen LogP) is 7.47. The van der Waals surface area contributed by atoms with Gasteiger partial charge in [-0.15, -0.1) is 0 Å². The van der Waals surface area contributed by atoms with Crippen LogP contribution >= 0.6 is 0 Å². The molecule has 0 spiro atoms. The molecule has 0 aliphatic carbocycles. The van der Waals surface area contributed by atoms with Crippen LogP contribution in [-0.4, -0.2) is 18.4 Å². The minimum absolute atomic E-state index is 0.138. The van der Waals surface area contributed by atoms with Gasteiger partial charge in [-0.1, -0.05) is 70.4 Å². The fourth-order valence-electron chi connectivity index (χ4n) is 3.15. The van der Waals surface area contributed by atoms with Gasteiger partial charge in [-0.2, -0.15) is 0 Å². The molecule has 2 rings (SSSR count). The van der Waals surface area contributed by atoms with Crippen LogP contribution in [0.4, 0.5) is 0 Å². The highest BCUT2D eigenvalue weighted by atomic mass is 16.5. The van der Waals surface area contributed by atoms with E-state index in [2.05, 4.69) is 84.0 Å². The Kier molecular flexibility index (Phi) is 8.76. The fraction of sp³-hybridized carbons (Fsp3) is 0.500. The van der Waals surface area contributed by atoms with Gasteiger partial charge in [0.15, 0.2) is 0 Å². The first-order chi connectivity index (χ1) is 13.4. The standard InChI is InChI=1S/C26H37NO/c1-7-8-10-13-21(5)27-18-24-16-20(4)17-25(23-14-11-9-12-15-23)26(24)28-22(6)19(2)3/h9,11-12,14-19,21-22H,7-8,10,13H2,1-6H3/b27-18+/t21?,22-/m1/s1. The molecule has 0 aromatic heterocycles. The molecular formula is C26H37NO. The molecule has 2 aromatic carbocycles. The van der Waals surface area contributed by atoms with Gasteiger partial charge in [0.25, 0.3) is 0 Å². The summed E-state index contributed by atoms with van der Waals surface area (Å²) in [7, 11) is 0. The number of hydrogen-bond acceptors (Lipinski definition) is 2. The maximum absolute atomic E-state index is 6.49. The zero-order valence-corrected chi connectivity index (χ0v) is 18.5. The van der Waals surface area contributed by atoms with Crippen molar-refractivity contribution in [2.24, 2.45) is 10.9 Å².